The summed E-state index contributed by atoms with van der Waals surface area (Å²) in [5, 5.41) is 0. The van der Waals surface area contributed by atoms with Crippen LogP contribution in [-0.2, 0) is 9.47 Å². The molecule has 0 bridgehead atoms. The third-order valence-electron chi connectivity index (χ3n) is 3.34. The van der Waals surface area contributed by atoms with Crippen LogP contribution in [0, 0.1) is 0 Å². The van der Waals surface area contributed by atoms with Crippen molar-refractivity contribution in [1.29, 1.82) is 0 Å². The Labute approximate surface area is 92.7 Å². The van der Waals surface area contributed by atoms with E-state index >= 15 is 0 Å². The summed E-state index contributed by atoms with van der Waals surface area (Å²) in [5.41, 5.74) is 5.62. The first-order valence-corrected chi connectivity index (χ1v) is 5.76. The van der Waals surface area contributed by atoms with Gasteiger partial charge in [0.15, 0.2) is 0 Å². The number of likely N-dealkylation sites (tertiary alicyclic amines) is 1. The van der Waals surface area contributed by atoms with Crippen LogP contribution in [-0.4, -0.2) is 57.0 Å². The number of nitrogens with zero attached hydrogens (tertiary/aromatic N) is 1. The van der Waals surface area contributed by atoms with Crippen LogP contribution in [0.5, 0.6) is 0 Å². The molecule has 2 N–H and O–H groups in total. The van der Waals surface area contributed by atoms with Gasteiger partial charge < -0.3 is 15.2 Å². The molecule has 0 amide bonds. The Hall–Kier alpha value is -0.160. The maximum Gasteiger partial charge on any atom is 0.0971 e. The second-order valence-corrected chi connectivity index (χ2v) is 4.14. The summed E-state index contributed by atoms with van der Waals surface area (Å²) >= 11 is 0. The first kappa shape index (κ1) is 12.9. The topological polar surface area (TPSA) is 47.7 Å². The minimum absolute atomic E-state index is 0.210. The Morgan fingerprint density at radius 1 is 1.27 bits per heavy atom. The molecule has 0 aliphatic carbocycles. The fraction of sp³-hybridized carbons (Fsp3) is 1.00. The predicted molar refractivity (Wildman–Crippen MR) is 60.9 cm³/mol. The Bertz CT molecular complexity index is 166. The zero-order valence-corrected chi connectivity index (χ0v) is 10.1. The molecule has 0 spiro atoms. The van der Waals surface area contributed by atoms with Crippen LogP contribution in [0.3, 0.4) is 0 Å². The summed E-state index contributed by atoms with van der Waals surface area (Å²) < 4.78 is 10.8. The van der Waals surface area contributed by atoms with Gasteiger partial charge in [-0.25, -0.2) is 0 Å². The van der Waals surface area contributed by atoms with Crippen molar-refractivity contribution in [3.63, 3.8) is 0 Å². The quantitative estimate of drug-likeness (QED) is 0.701. The van der Waals surface area contributed by atoms with Crippen LogP contribution < -0.4 is 5.73 Å². The molecule has 0 radical (unpaired) electrons. The molecule has 0 aromatic carbocycles. The van der Waals surface area contributed by atoms with Gasteiger partial charge in [-0.2, -0.15) is 0 Å². The second-order valence-electron chi connectivity index (χ2n) is 4.14. The highest BCUT2D eigenvalue weighted by Crippen LogP contribution is 2.20. The molecule has 0 saturated carbocycles. The smallest absolute Gasteiger partial charge is 0.0971 e. The molecule has 4 heteroatoms. The molecular weight excluding hydrogens is 192 g/mol. The minimum Gasteiger partial charge on any atom is -0.377 e. The van der Waals surface area contributed by atoms with E-state index in [4.69, 9.17) is 15.2 Å². The maximum atomic E-state index is 5.62. The molecule has 1 heterocycles. The summed E-state index contributed by atoms with van der Waals surface area (Å²) in [6, 6.07) is 0.577. The van der Waals surface area contributed by atoms with Gasteiger partial charge in [0.05, 0.1) is 12.2 Å². The summed E-state index contributed by atoms with van der Waals surface area (Å²) in [5.74, 6) is 0. The molecule has 1 fully saturated rings. The van der Waals surface area contributed by atoms with Crippen molar-refractivity contribution in [2.45, 2.75) is 38.0 Å². The van der Waals surface area contributed by atoms with E-state index in [2.05, 4.69) is 11.8 Å². The number of rotatable bonds is 6. The first-order chi connectivity index (χ1) is 7.26. The highest BCUT2D eigenvalue weighted by molar-refractivity contribution is 4.89. The molecule has 1 saturated heterocycles. The predicted octanol–water partition coefficient (Wildman–Crippen LogP) is 0.459. The monoisotopic (exact) mass is 216 g/mol. The molecule has 3 atom stereocenters. The Morgan fingerprint density at radius 2 is 1.80 bits per heavy atom. The molecule has 1 aliphatic rings. The molecule has 1 rings (SSSR count). The zero-order chi connectivity index (χ0) is 11.3. The third-order valence-corrected chi connectivity index (χ3v) is 3.34. The van der Waals surface area contributed by atoms with Gasteiger partial charge in [0.1, 0.15) is 0 Å². The van der Waals surface area contributed by atoms with Crippen LogP contribution >= 0.6 is 0 Å². The number of ether oxygens (including phenoxy) is 2. The van der Waals surface area contributed by atoms with Gasteiger partial charge in [-0.15, -0.1) is 0 Å². The van der Waals surface area contributed by atoms with Crippen molar-refractivity contribution in [1.82, 2.24) is 4.90 Å². The molecule has 0 aromatic rings. The largest absolute Gasteiger partial charge is 0.377 e. The first-order valence-electron chi connectivity index (χ1n) is 5.76. The lowest BCUT2D eigenvalue weighted by atomic mass is 10.1. The lowest BCUT2D eigenvalue weighted by molar-refractivity contribution is -0.00461. The lowest BCUT2D eigenvalue weighted by Gasteiger charge is -2.26. The van der Waals surface area contributed by atoms with E-state index in [-0.39, 0.29) is 12.2 Å². The average molecular weight is 216 g/mol. The highest BCUT2D eigenvalue weighted by atomic mass is 16.5. The highest BCUT2D eigenvalue weighted by Gasteiger charge is 2.35. The molecular formula is C11H24N2O2. The van der Waals surface area contributed by atoms with Crippen LogP contribution in [0.1, 0.15) is 19.8 Å². The van der Waals surface area contributed by atoms with E-state index in [1.54, 1.807) is 14.2 Å². The molecule has 0 aromatic heterocycles. The van der Waals surface area contributed by atoms with E-state index in [1.165, 1.54) is 0 Å². The summed E-state index contributed by atoms with van der Waals surface area (Å²) in [6.45, 7) is 4.90. The van der Waals surface area contributed by atoms with Crippen molar-refractivity contribution in [3.8, 4) is 0 Å². The number of nitrogens with two attached hydrogens (primary N) is 1. The van der Waals surface area contributed by atoms with Gasteiger partial charge >= 0.3 is 0 Å². The molecule has 4 nitrogen and oxygen atoms in total. The lowest BCUT2D eigenvalue weighted by Crippen LogP contribution is -2.35. The summed E-state index contributed by atoms with van der Waals surface area (Å²) in [6.07, 6.45) is 2.62. The van der Waals surface area contributed by atoms with Crippen molar-refractivity contribution in [3.05, 3.63) is 0 Å². The minimum atomic E-state index is 0.210. The SMILES string of the molecule is CCC(CCN)N1CC(OC)C(OC)C1. The Balaban J connectivity index is 2.50. The Morgan fingerprint density at radius 3 is 2.13 bits per heavy atom. The van der Waals surface area contributed by atoms with Crippen LogP contribution in [0.15, 0.2) is 0 Å². The van der Waals surface area contributed by atoms with Crippen LogP contribution in [0.25, 0.3) is 0 Å². The molecule has 1 aliphatic heterocycles. The number of hydrogen-bond acceptors (Lipinski definition) is 4. The molecule has 15 heavy (non-hydrogen) atoms. The van der Waals surface area contributed by atoms with Gasteiger partial charge in [-0.05, 0) is 19.4 Å². The Kier molecular flexibility index (Phi) is 5.53. The number of methoxy groups -OCH3 is 2. The van der Waals surface area contributed by atoms with Crippen molar-refractivity contribution in [2.75, 3.05) is 33.9 Å². The van der Waals surface area contributed by atoms with E-state index in [0.717, 1.165) is 32.5 Å². The van der Waals surface area contributed by atoms with Gasteiger partial charge in [-0.3, -0.25) is 4.90 Å². The third kappa shape index (κ3) is 3.14. The zero-order valence-electron chi connectivity index (χ0n) is 10.1. The summed E-state index contributed by atoms with van der Waals surface area (Å²) in [7, 11) is 3.51. The van der Waals surface area contributed by atoms with Gasteiger partial charge in [-0.1, -0.05) is 6.92 Å². The molecule has 90 valence electrons. The maximum absolute atomic E-state index is 5.62. The van der Waals surface area contributed by atoms with Crippen molar-refractivity contribution in [2.24, 2.45) is 5.73 Å². The average Bonchev–Trinajstić information content (AvgIpc) is 2.68. The summed E-state index contributed by atoms with van der Waals surface area (Å²) in [4.78, 5) is 2.44. The standard InChI is InChI=1S/C11H24N2O2/c1-4-9(5-6-12)13-7-10(14-2)11(8-13)15-3/h9-11H,4-8,12H2,1-3H3. The van der Waals surface area contributed by atoms with Crippen molar-refractivity contribution < 1.29 is 9.47 Å². The van der Waals surface area contributed by atoms with E-state index < -0.39 is 0 Å². The fourth-order valence-electron chi connectivity index (χ4n) is 2.36. The van der Waals surface area contributed by atoms with E-state index in [9.17, 15) is 0 Å². The van der Waals surface area contributed by atoms with E-state index in [0.29, 0.717) is 6.04 Å². The normalized spacial score (nSPS) is 29.6. The second kappa shape index (κ2) is 6.43. The van der Waals surface area contributed by atoms with Gasteiger partial charge in [0.2, 0.25) is 0 Å². The molecule has 3 unspecified atom stereocenters. The van der Waals surface area contributed by atoms with Gasteiger partial charge in [0, 0.05) is 33.4 Å². The van der Waals surface area contributed by atoms with Crippen molar-refractivity contribution >= 4 is 0 Å². The van der Waals surface area contributed by atoms with Crippen LogP contribution in [0.2, 0.25) is 0 Å². The van der Waals surface area contributed by atoms with Crippen LogP contribution in [0.4, 0.5) is 0 Å². The number of hydrogen-bond donors (Lipinski definition) is 1. The van der Waals surface area contributed by atoms with E-state index in [1.807, 2.05) is 0 Å². The fourth-order valence-corrected chi connectivity index (χ4v) is 2.36. The van der Waals surface area contributed by atoms with Gasteiger partial charge in [0.25, 0.3) is 0 Å².